The molecule has 0 bridgehead atoms. The van der Waals surface area contributed by atoms with E-state index in [-0.39, 0.29) is 23.9 Å². The first-order valence-electron chi connectivity index (χ1n) is 8.64. The van der Waals surface area contributed by atoms with Gasteiger partial charge < -0.3 is 9.42 Å². The van der Waals surface area contributed by atoms with E-state index in [1.807, 2.05) is 30.3 Å². The highest BCUT2D eigenvalue weighted by Crippen LogP contribution is 2.24. The molecule has 1 saturated heterocycles. The molecule has 0 aliphatic carbocycles. The number of sulfonamides is 1. The maximum atomic E-state index is 12.8. The molecule has 1 aliphatic heterocycles. The minimum absolute atomic E-state index is 0.0586. The van der Waals surface area contributed by atoms with E-state index in [9.17, 15) is 13.2 Å². The molecular formula is C18H23N3O4S. The molecular weight excluding hydrogens is 354 g/mol. The summed E-state index contributed by atoms with van der Waals surface area (Å²) in [7, 11) is -3.65. The second-order valence-electron chi connectivity index (χ2n) is 6.42. The van der Waals surface area contributed by atoms with Crippen LogP contribution in [-0.2, 0) is 21.2 Å². The largest absolute Gasteiger partial charge is 0.360 e. The number of piperazine rings is 1. The van der Waals surface area contributed by atoms with Gasteiger partial charge in [-0.3, -0.25) is 4.79 Å². The van der Waals surface area contributed by atoms with Gasteiger partial charge in [0.2, 0.25) is 15.9 Å². The van der Waals surface area contributed by atoms with Gasteiger partial charge in [0.15, 0.2) is 5.76 Å². The standard InChI is InChI=1S/C18H23N3O4S/c1-14-18(15(2)25-19-14)26(23,24)21-12-10-20(11-13-21)17(22)9-8-16-6-4-3-5-7-16/h3-7H,8-13H2,1-2H3. The number of hydrogen-bond donors (Lipinski definition) is 0. The highest BCUT2D eigenvalue weighted by Gasteiger charge is 2.34. The molecule has 0 saturated carbocycles. The third-order valence-corrected chi connectivity index (χ3v) is 6.77. The third kappa shape index (κ3) is 3.81. The second kappa shape index (κ2) is 7.59. The summed E-state index contributed by atoms with van der Waals surface area (Å²) in [5.74, 6) is 0.354. The highest BCUT2D eigenvalue weighted by atomic mass is 32.2. The number of rotatable bonds is 5. The van der Waals surface area contributed by atoms with Crippen molar-refractivity contribution < 1.29 is 17.7 Å². The molecule has 2 heterocycles. The summed E-state index contributed by atoms with van der Waals surface area (Å²) >= 11 is 0. The Morgan fingerprint density at radius 1 is 1.12 bits per heavy atom. The number of aryl methyl sites for hydroxylation is 3. The zero-order valence-corrected chi connectivity index (χ0v) is 15.8. The van der Waals surface area contributed by atoms with Crippen molar-refractivity contribution in [3.63, 3.8) is 0 Å². The molecule has 0 radical (unpaired) electrons. The maximum absolute atomic E-state index is 12.8. The van der Waals surface area contributed by atoms with Gasteiger partial charge in [-0.05, 0) is 25.8 Å². The Kier molecular flexibility index (Phi) is 5.43. The van der Waals surface area contributed by atoms with E-state index >= 15 is 0 Å². The molecule has 1 aliphatic rings. The van der Waals surface area contributed by atoms with Gasteiger partial charge in [-0.2, -0.15) is 4.31 Å². The summed E-state index contributed by atoms with van der Waals surface area (Å²) in [6, 6.07) is 9.86. The lowest BCUT2D eigenvalue weighted by Gasteiger charge is -2.34. The van der Waals surface area contributed by atoms with Gasteiger partial charge in [-0.25, -0.2) is 8.42 Å². The van der Waals surface area contributed by atoms with Crippen LogP contribution < -0.4 is 0 Å². The van der Waals surface area contributed by atoms with Crippen molar-refractivity contribution in [1.29, 1.82) is 0 Å². The van der Waals surface area contributed by atoms with Crippen molar-refractivity contribution in [3.8, 4) is 0 Å². The average Bonchev–Trinajstić information content (AvgIpc) is 2.99. The summed E-state index contributed by atoms with van der Waals surface area (Å²) in [6.07, 6.45) is 1.12. The zero-order valence-electron chi connectivity index (χ0n) is 15.0. The number of aromatic nitrogens is 1. The van der Waals surface area contributed by atoms with Gasteiger partial charge in [-0.15, -0.1) is 0 Å². The van der Waals surface area contributed by atoms with Crippen molar-refractivity contribution in [2.24, 2.45) is 0 Å². The lowest BCUT2D eigenvalue weighted by molar-refractivity contribution is -0.132. The first-order valence-corrected chi connectivity index (χ1v) is 10.1. The van der Waals surface area contributed by atoms with Gasteiger partial charge in [-0.1, -0.05) is 35.5 Å². The second-order valence-corrected chi connectivity index (χ2v) is 8.30. The average molecular weight is 377 g/mol. The number of carbonyl (C=O) groups excluding carboxylic acids is 1. The molecule has 0 spiro atoms. The van der Waals surface area contributed by atoms with Crippen molar-refractivity contribution in [1.82, 2.24) is 14.4 Å². The number of carbonyl (C=O) groups is 1. The maximum Gasteiger partial charge on any atom is 0.248 e. The Hall–Kier alpha value is -2.19. The summed E-state index contributed by atoms with van der Waals surface area (Å²) in [5, 5.41) is 3.73. The Labute approximate surface area is 153 Å². The molecule has 1 aromatic carbocycles. The van der Waals surface area contributed by atoms with Crippen LogP contribution in [0.25, 0.3) is 0 Å². The predicted molar refractivity (Wildman–Crippen MR) is 96.1 cm³/mol. The monoisotopic (exact) mass is 377 g/mol. The minimum Gasteiger partial charge on any atom is -0.360 e. The SMILES string of the molecule is Cc1noc(C)c1S(=O)(=O)N1CCN(C(=O)CCc2ccccc2)CC1. The van der Waals surface area contributed by atoms with E-state index in [1.54, 1.807) is 18.7 Å². The Morgan fingerprint density at radius 2 is 1.77 bits per heavy atom. The molecule has 140 valence electrons. The summed E-state index contributed by atoms with van der Waals surface area (Å²) < 4.78 is 32.0. The topological polar surface area (TPSA) is 83.7 Å². The number of hydrogen-bond acceptors (Lipinski definition) is 5. The van der Waals surface area contributed by atoms with Gasteiger partial charge in [0, 0.05) is 32.6 Å². The minimum atomic E-state index is -3.65. The molecule has 0 N–H and O–H groups in total. The van der Waals surface area contributed by atoms with Gasteiger partial charge in [0.05, 0.1) is 0 Å². The normalized spacial score (nSPS) is 16.0. The molecule has 2 aromatic rings. The highest BCUT2D eigenvalue weighted by molar-refractivity contribution is 7.89. The zero-order chi connectivity index (χ0) is 18.7. The van der Waals surface area contributed by atoms with Gasteiger partial charge >= 0.3 is 0 Å². The Balaban J connectivity index is 1.58. The fourth-order valence-corrected chi connectivity index (χ4v) is 4.92. The van der Waals surface area contributed by atoms with Crippen LogP contribution in [0.3, 0.4) is 0 Å². The van der Waals surface area contributed by atoms with Crippen LogP contribution in [0.1, 0.15) is 23.4 Å². The van der Waals surface area contributed by atoms with E-state index in [1.165, 1.54) is 4.31 Å². The molecule has 8 heteroatoms. The fourth-order valence-electron chi connectivity index (χ4n) is 3.20. The summed E-state index contributed by atoms with van der Waals surface area (Å²) in [5.41, 5.74) is 1.49. The van der Waals surface area contributed by atoms with Crippen LogP contribution in [-0.4, -0.2) is 54.9 Å². The smallest absolute Gasteiger partial charge is 0.248 e. The predicted octanol–water partition coefficient (Wildman–Crippen LogP) is 1.76. The van der Waals surface area contributed by atoms with Crippen LogP contribution in [0.2, 0.25) is 0 Å². The Bertz CT molecular complexity index is 850. The van der Waals surface area contributed by atoms with Gasteiger partial charge in [0.25, 0.3) is 0 Å². The summed E-state index contributed by atoms with van der Waals surface area (Å²) in [6.45, 7) is 4.57. The third-order valence-electron chi connectivity index (χ3n) is 4.63. The molecule has 7 nitrogen and oxygen atoms in total. The molecule has 1 fully saturated rings. The molecule has 1 aromatic heterocycles. The lowest BCUT2D eigenvalue weighted by atomic mass is 10.1. The molecule has 26 heavy (non-hydrogen) atoms. The first kappa shape index (κ1) is 18.6. The van der Waals surface area contributed by atoms with E-state index < -0.39 is 10.0 Å². The number of benzene rings is 1. The van der Waals surface area contributed by atoms with Crippen LogP contribution in [0.5, 0.6) is 0 Å². The molecule has 3 rings (SSSR count). The quantitative estimate of drug-likeness (QED) is 0.793. The number of amides is 1. The van der Waals surface area contributed by atoms with Crippen LogP contribution >= 0.6 is 0 Å². The lowest BCUT2D eigenvalue weighted by Crippen LogP contribution is -2.50. The first-order chi connectivity index (χ1) is 12.4. The van der Waals surface area contributed by atoms with Crippen molar-refractivity contribution in [2.45, 2.75) is 31.6 Å². The molecule has 0 unspecified atom stereocenters. The van der Waals surface area contributed by atoms with Crippen molar-refractivity contribution in [2.75, 3.05) is 26.2 Å². The van der Waals surface area contributed by atoms with Crippen LogP contribution in [0.4, 0.5) is 0 Å². The number of nitrogens with zero attached hydrogens (tertiary/aromatic N) is 3. The molecule has 1 amide bonds. The van der Waals surface area contributed by atoms with E-state index in [0.29, 0.717) is 37.4 Å². The molecule has 0 atom stereocenters. The summed E-state index contributed by atoms with van der Waals surface area (Å²) in [4.78, 5) is 14.3. The van der Waals surface area contributed by atoms with E-state index in [0.717, 1.165) is 5.56 Å². The van der Waals surface area contributed by atoms with E-state index in [2.05, 4.69) is 5.16 Å². The fraction of sp³-hybridized carbons (Fsp3) is 0.444. The van der Waals surface area contributed by atoms with Crippen molar-refractivity contribution >= 4 is 15.9 Å². The van der Waals surface area contributed by atoms with Gasteiger partial charge in [0.1, 0.15) is 10.6 Å². The van der Waals surface area contributed by atoms with E-state index in [4.69, 9.17) is 4.52 Å². The van der Waals surface area contributed by atoms with Crippen molar-refractivity contribution in [3.05, 3.63) is 47.3 Å². The van der Waals surface area contributed by atoms with Crippen LogP contribution in [0, 0.1) is 13.8 Å². The van der Waals surface area contributed by atoms with Crippen LogP contribution in [0.15, 0.2) is 39.8 Å². The Morgan fingerprint density at radius 3 is 2.35 bits per heavy atom.